The van der Waals surface area contributed by atoms with Gasteiger partial charge in [0, 0.05) is 34.7 Å². The Morgan fingerprint density at radius 2 is 1.83 bits per heavy atom. The van der Waals surface area contributed by atoms with Crippen molar-refractivity contribution in [3.05, 3.63) is 94.7 Å². The SMILES string of the molecule is Cc1ccn2cc(-c3ccc(NC(=O)c4cc5ccccc5oc4=O)cc3)nc2n1. The van der Waals surface area contributed by atoms with Gasteiger partial charge in [-0.3, -0.25) is 9.20 Å². The Morgan fingerprint density at radius 3 is 2.67 bits per heavy atom. The highest BCUT2D eigenvalue weighted by molar-refractivity contribution is 6.05. The van der Waals surface area contributed by atoms with Crippen LogP contribution in [0.3, 0.4) is 0 Å². The van der Waals surface area contributed by atoms with E-state index in [0.717, 1.165) is 17.0 Å². The molecule has 5 aromatic rings. The summed E-state index contributed by atoms with van der Waals surface area (Å²) in [5, 5.41) is 3.43. The number of aromatic nitrogens is 3. The third-order valence-corrected chi connectivity index (χ3v) is 4.79. The zero-order chi connectivity index (χ0) is 20.7. The van der Waals surface area contributed by atoms with Crippen molar-refractivity contribution in [1.82, 2.24) is 14.4 Å². The molecule has 0 bridgehead atoms. The topological polar surface area (TPSA) is 89.5 Å². The Morgan fingerprint density at radius 1 is 1.03 bits per heavy atom. The molecule has 0 atom stereocenters. The molecule has 3 aromatic heterocycles. The van der Waals surface area contributed by atoms with E-state index in [4.69, 9.17) is 4.42 Å². The largest absolute Gasteiger partial charge is 0.422 e. The number of aryl methyl sites for hydroxylation is 1. The number of imidazole rings is 1. The molecule has 0 aliphatic rings. The first-order valence-electron chi connectivity index (χ1n) is 9.34. The number of hydrogen-bond donors (Lipinski definition) is 1. The normalized spacial score (nSPS) is 11.1. The van der Waals surface area contributed by atoms with Gasteiger partial charge in [-0.15, -0.1) is 0 Å². The molecule has 0 saturated carbocycles. The van der Waals surface area contributed by atoms with Crippen LogP contribution in [-0.4, -0.2) is 20.3 Å². The maximum absolute atomic E-state index is 12.6. The molecule has 0 aliphatic heterocycles. The van der Waals surface area contributed by atoms with Crippen molar-refractivity contribution in [3.8, 4) is 11.3 Å². The highest BCUT2D eigenvalue weighted by atomic mass is 16.4. The lowest BCUT2D eigenvalue weighted by molar-refractivity contribution is 0.102. The summed E-state index contributed by atoms with van der Waals surface area (Å²) in [6.07, 6.45) is 3.81. The van der Waals surface area contributed by atoms with Crippen molar-refractivity contribution in [2.24, 2.45) is 0 Å². The molecular formula is C23H16N4O3. The van der Waals surface area contributed by atoms with Crippen LogP contribution in [0.25, 0.3) is 28.0 Å². The van der Waals surface area contributed by atoms with Crippen molar-refractivity contribution >= 4 is 28.3 Å². The first-order chi connectivity index (χ1) is 14.6. The van der Waals surface area contributed by atoms with Crippen LogP contribution in [0.15, 0.2) is 82.3 Å². The average molecular weight is 396 g/mol. The molecule has 0 spiro atoms. The lowest BCUT2D eigenvalue weighted by Crippen LogP contribution is -2.20. The second-order valence-corrected chi connectivity index (χ2v) is 6.92. The lowest BCUT2D eigenvalue weighted by Gasteiger charge is -2.06. The molecule has 7 nitrogen and oxygen atoms in total. The molecule has 146 valence electrons. The summed E-state index contributed by atoms with van der Waals surface area (Å²) in [6.45, 7) is 1.92. The van der Waals surface area contributed by atoms with Crippen molar-refractivity contribution < 1.29 is 9.21 Å². The highest BCUT2D eigenvalue weighted by Crippen LogP contribution is 2.21. The smallest absolute Gasteiger partial charge is 0.349 e. The van der Waals surface area contributed by atoms with Crippen LogP contribution in [0, 0.1) is 6.92 Å². The minimum Gasteiger partial charge on any atom is -0.422 e. The number of carbonyl (C=O) groups is 1. The zero-order valence-corrected chi connectivity index (χ0v) is 16.0. The Hall–Kier alpha value is -4.26. The number of nitrogens with one attached hydrogen (secondary N) is 1. The summed E-state index contributed by atoms with van der Waals surface area (Å²) in [7, 11) is 0. The van der Waals surface area contributed by atoms with Crippen molar-refractivity contribution in [1.29, 1.82) is 0 Å². The van der Waals surface area contributed by atoms with E-state index in [1.54, 1.807) is 30.3 Å². The van der Waals surface area contributed by atoms with Crippen molar-refractivity contribution in [2.75, 3.05) is 5.32 Å². The van der Waals surface area contributed by atoms with Crippen LogP contribution in [-0.2, 0) is 0 Å². The zero-order valence-electron chi connectivity index (χ0n) is 16.0. The Bertz CT molecular complexity index is 1470. The fraction of sp³-hybridized carbons (Fsp3) is 0.0435. The Labute approximate surface area is 170 Å². The Kier molecular flexibility index (Phi) is 4.14. The molecule has 0 radical (unpaired) electrons. The van der Waals surface area contributed by atoms with E-state index in [1.165, 1.54) is 6.07 Å². The van der Waals surface area contributed by atoms with Gasteiger partial charge < -0.3 is 9.73 Å². The number of nitrogens with zero attached hydrogens (tertiary/aromatic N) is 3. The monoisotopic (exact) mass is 396 g/mol. The average Bonchev–Trinajstić information content (AvgIpc) is 3.17. The van der Waals surface area contributed by atoms with E-state index in [-0.39, 0.29) is 5.56 Å². The van der Waals surface area contributed by atoms with Gasteiger partial charge in [0.25, 0.3) is 5.91 Å². The number of hydrogen-bond acceptors (Lipinski definition) is 5. The molecule has 0 unspecified atom stereocenters. The quantitative estimate of drug-likeness (QED) is 0.465. The number of amides is 1. The second kappa shape index (κ2) is 6.97. The fourth-order valence-corrected chi connectivity index (χ4v) is 3.24. The van der Waals surface area contributed by atoms with E-state index < -0.39 is 11.5 Å². The molecule has 1 N–H and O–H groups in total. The fourth-order valence-electron chi connectivity index (χ4n) is 3.24. The van der Waals surface area contributed by atoms with Crippen LogP contribution in [0.5, 0.6) is 0 Å². The third-order valence-electron chi connectivity index (χ3n) is 4.79. The molecule has 7 heteroatoms. The van der Waals surface area contributed by atoms with Gasteiger partial charge in [-0.25, -0.2) is 14.8 Å². The van der Waals surface area contributed by atoms with Gasteiger partial charge in [-0.1, -0.05) is 30.3 Å². The van der Waals surface area contributed by atoms with Crippen LogP contribution in [0.1, 0.15) is 16.1 Å². The molecule has 30 heavy (non-hydrogen) atoms. The Balaban J connectivity index is 1.40. The van der Waals surface area contributed by atoms with Crippen LogP contribution in [0.2, 0.25) is 0 Å². The summed E-state index contributed by atoms with van der Waals surface area (Å²) in [5.74, 6) is 0.111. The van der Waals surface area contributed by atoms with Gasteiger partial charge in [0.2, 0.25) is 5.78 Å². The predicted molar refractivity (Wildman–Crippen MR) is 114 cm³/mol. The first kappa shape index (κ1) is 17.8. The van der Waals surface area contributed by atoms with Gasteiger partial charge in [0.15, 0.2) is 0 Å². The van der Waals surface area contributed by atoms with E-state index in [2.05, 4.69) is 15.3 Å². The van der Waals surface area contributed by atoms with E-state index in [0.29, 0.717) is 22.4 Å². The molecule has 3 heterocycles. The van der Waals surface area contributed by atoms with Gasteiger partial charge in [-0.2, -0.15) is 0 Å². The minimum atomic E-state index is -0.671. The molecule has 0 saturated heterocycles. The predicted octanol–water partition coefficient (Wildman–Crippen LogP) is 4.06. The molecule has 0 aliphatic carbocycles. The molecule has 5 rings (SSSR count). The number of anilines is 1. The highest BCUT2D eigenvalue weighted by Gasteiger charge is 2.14. The maximum atomic E-state index is 12.6. The van der Waals surface area contributed by atoms with E-state index in [9.17, 15) is 9.59 Å². The minimum absolute atomic E-state index is 0.0421. The van der Waals surface area contributed by atoms with E-state index in [1.807, 2.05) is 48.0 Å². The van der Waals surface area contributed by atoms with Gasteiger partial charge in [0.1, 0.15) is 11.1 Å². The number of carbonyl (C=O) groups excluding carboxylic acids is 1. The summed E-state index contributed by atoms with van der Waals surface area (Å²) in [5.41, 5.74) is 2.86. The third kappa shape index (κ3) is 3.22. The van der Waals surface area contributed by atoms with Crippen LogP contribution >= 0.6 is 0 Å². The number of rotatable bonds is 3. The first-order valence-corrected chi connectivity index (χ1v) is 9.34. The van der Waals surface area contributed by atoms with Gasteiger partial charge in [0.05, 0.1) is 5.69 Å². The summed E-state index contributed by atoms with van der Waals surface area (Å²) in [4.78, 5) is 33.7. The number of para-hydroxylation sites is 1. The van der Waals surface area contributed by atoms with E-state index >= 15 is 0 Å². The van der Waals surface area contributed by atoms with Crippen molar-refractivity contribution in [2.45, 2.75) is 6.92 Å². The summed E-state index contributed by atoms with van der Waals surface area (Å²) in [6, 6.07) is 17.8. The molecule has 1 amide bonds. The van der Waals surface area contributed by atoms with Crippen LogP contribution in [0.4, 0.5) is 5.69 Å². The summed E-state index contributed by atoms with van der Waals surface area (Å²) >= 11 is 0. The summed E-state index contributed by atoms with van der Waals surface area (Å²) < 4.78 is 7.09. The molecule has 0 fully saturated rings. The standard InChI is InChI=1S/C23H16N4O3/c1-14-10-11-27-13-19(26-23(27)24-14)15-6-8-17(9-7-15)25-21(28)18-12-16-4-2-3-5-20(16)30-22(18)29/h2-13H,1H3,(H,25,28). The number of benzene rings is 2. The van der Waals surface area contributed by atoms with Gasteiger partial charge in [-0.05, 0) is 37.3 Å². The van der Waals surface area contributed by atoms with Gasteiger partial charge >= 0.3 is 5.63 Å². The molecule has 2 aromatic carbocycles. The number of fused-ring (bicyclic) bond motifs is 2. The molecular weight excluding hydrogens is 380 g/mol. The second-order valence-electron chi connectivity index (χ2n) is 6.92. The maximum Gasteiger partial charge on any atom is 0.349 e. The van der Waals surface area contributed by atoms with Crippen LogP contribution < -0.4 is 10.9 Å². The lowest BCUT2D eigenvalue weighted by atomic mass is 10.1. The van der Waals surface area contributed by atoms with Crippen molar-refractivity contribution in [3.63, 3.8) is 0 Å².